The number of aromatic nitrogens is 1. The van der Waals surface area contributed by atoms with E-state index in [-0.39, 0.29) is 12.3 Å². The lowest BCUT2D eigenvalue weighted by atomic mass is 9.95. The molecule has 3 aromatic rings. The number of hydrogen-bond acceptors (Lipinski definition) is 4. The monoisotopic (exact) mass is 414 g/mol. The van der Waals surface area contributed by atoms with Gasteiger partial charge in [-0.05, 0) is 18.1 Å². The summed E-state index contributed by atoms with van der Waals surface area (Å²) in [6.45, 7) is 0. The molecule has 0 radical (unpaired) electrons. The third kappa shape index (κ3) is 4.77. The Morgan fingerprint density at radius 2 is 1.82 bits per heavy atom. The standard InChI is InChI=1S/C21H19ClN2O3S/c1-24(21-23-18(13-28-21)16-9-5-6-10-17(16)22)20(27)15(12-19(25)26)11-14-7-3-2-4-8-14/h2-10,13,15H,11-12H2,1H3,(H,25,26)/t15-/m1/s1. The van der Waals surface area contributed by atoms with Gasteiger partial charge in [0.1, 0.15) is 0 Å². The number of carboxylic acids is 1. The van der Waals surface area contributed by atoms with Crippen LogP contribution >= 0.6 is 22.9 Å². The molecule has 0 aliphatic heterocycles. The fourth-order valence-corrected chi connectivity index (χ4v) is 3.96. The second kappa shape index (κ2) is 8.99. The van der Waals surface area contributed by atoms with Crippen molar-refractivity contribution in [3.63, 3.8) is 0 Å². The molecule has 1 atom stereocenters. The van der Waals surface area contributed by atoms with Crippen LogP contribution in [-0.4, -0.2) is 29.0 Å². The molecule has 28 heavy (non-hydrogen) atoms. The largest absolute Gasteiger partial charge is 0.481 e. The first-order chi connectivity index (χ1) is 13.5. The lowest BCUT2D eigenvalue weighted by Gasteiger charge is -2.21. The van der Waals surface area contributed by atoms with Crippen LogP contribution in [0.3, 0.4) is 0 Å². The van der Waals surface area contributed by atoms with Crippen molar-refractivity contribution in [3.05, 3.63) is 70.6 Å². The maximum absolute atomic E-state index is 13.0. The molecular weight excluding hydrogens is 396 g/mol. The Labute approximate surface area is 172 Å². The highest BCUT2D eigenvalue weighted by Gasteiger charge is 2.27. The van der Waals surface area contributed by atoms with Crippen molar-refractivity contribution in [1.82, 2.24) is 4.98 Å². The summed E-state index contributed by atoms with van der Waals surface area (Å²) in [4.78, 5) is 30.2. The number of halogens is 1. The van der Waals surface area contributed by atoms with Crippen LogP contribution in [-0.2, 0) is 16.0 Å². The van der Waals surface area contributed by atoms with E-state index in [2.05, 4.69) is 4.98 Å². The molecule has 1 aromatic heterocycles. The molecule has 1 N–H and O–H groups in total. The smallest absolute Gasteiger partial charge is 0.304 e. The van der Waals surface area contributed by atoms with Gasteiger partial charge in [0.25, 0.3) is 0 Å². The van der Waals surface area contributed by atoms with Crippen molar-refractivity contribution < 1.29 is 14.7 Å². The third-order valence-electron chi connectivity index (χ3n) is 4.35. The van der Waals surface area contributed by atoms with Crippen LogP contribution in [0.5, 0.6) is 0 Å². The van der Waals surface area contributed by atoms with Crippen LogP contribution in [0, 0.1) is 5.92 Å². The first kappa shape index (κ1) is 20.0. The molecule has 3 rings (SSSR count). The quantitative estimate of drug-likeness (QED) is 0.605. The number of carbonyl (C=O) groups excluding carboxylic acids is 1. The number of anilines is 1. The van der Waals surface area contributed by atoms with E-state index in [0.29, 0.717) is 22.3 Å². The molecule has 0 saturated carbocycles. The summed E-state index contributed by atoms with van der Waals surface area (Å²) < 4.78 is 0. The third-order valence-corrected chi connectivity index (χ3v) is 5.60. The van der Waals surface area contributed by atoms with E-state index in [4.69, 9.17) is 11.6 Å². The summed E-state index contributed by atoms with van der Waals surface area (Å²) in [5.74, 6) is -1.94. The predicted molar refractivity (Wildman–Crippen MR) is 112 cm³/mol. The Hall–Kier alpha value is -2.70. The predicted octanol–water partition coefficient (Wildman–Crippen LogP) is 4.76. The zero-order valence-electron chi connectivity index (χ0n) is 15.2. The van der Waals surface area contributed by atoms with E-state index in [1.807, 2.05) is 53.9 Å². The molecule has 0 aliphatic carbocycles. The molecule has 1 amide bonds. The summed E-state index contributed by atoms with van der Waals surface area (Å²) >= 11 is 7.55. The fraction of sp³-hybridized carbons (Fsp3) is 0.190. The van der Waals surface area contributed by atoms with Gasteiger partial charge in [0.2, 0.25) is 5.91 Å². The van der Waals surface area contributed by atoms with Crippen LogP contribution in [0.2, 0.25) is 5.02 Å². The summed E-state index contributed by atoms with van der Waals surface area (Å²) in [5, 5.41) is 12.2. The summed E-state index contributed by atoms with van der Waals surface area (Å²) in [5.41, 5.74) is 2.40. The van der Waals surface area contributed by atoms with Crippen LogP contribution in [0.4, 0.5) is 5.13 Å². The molecule has 7 heteroatoms. The Kier molecular flexibility index (Phi) is 6.44. The Balaban J connectivity index is 1.81. The molecule has 0 aliphatic rings. The van der Waals surface area contributed by atoms with E-state index in [1.54, 1.807) is 13.1 Å². The highest BCUT2D eigenvalue weighted by Crippen LogP contribution is 2.32. The molecule has 0 bridgehead atoms. The fourth-order valence-electron chi connectivity index (χ4n) is 2.94. The van der Waals surface area contributed by atoms with Gasteiger partial charge in [0.15, 0.2) is 5.13 Å². The number of hydrogen-bond donors (Lipinski definition) is 1. The molecule has 1 heterocycles. The van der Waals surface area contributed by atoms with Gasteiger partial charge in [-0.3, -0.25) is 14.5 Å². The Bertz CT molecular complexity index is 975. The number of rotatable bonds is 7. The van der Waals surface area contributed by atoms with Crippen molar-refractivity contribution in [2.75, 3.05) is 11.9 Å². The van der Waals surface area contributed by atoms with E-state index < -0.39 is 11.9 Å². The van der Waals surface area contributed by atoms with Gasteiger partial charge in [-0.2, -0.15) is 0 Å². The molecule has 0 saturated heterocycles. The lowest BCUT2D eigenvalue weighted by molar-refractivity contribution is -0.140. The van der Waals surface area contributed by atoms with Crippen molar-refractivity contribution >= 4 is 39.9 Å². The van der Waals surface area contributed by atoms with Crippen molar-refractivity contribution in [2.45, 2.75) is 12.8 Å². The molecular formula is C21H19ClN2O3S. The number of nitrogens with zero attached hydrogens (tertiary/aromatic N) is 2. The van der Waals surface area contributed by atoms with Gasteiger partial charge in [0, 0.05) is 23.0 Å². The minimum absolute atomic E-state index is 0.235. The summed E-state index contributed by atoms with van der Waals surface area (Å²) in [7, 11) is 1.62. The zero-order chi connectivity index (χ0) is 20.1. The maximum Gasteiger partial charge on any atom is 0.304 e. The molecule has 0 spiro atoms. The van der Waals surface area contributed by atoms with Gasteiger partial charge >= 0.3 is 5.97 Å². The topological polar surface area (TPSA) is 70.5 Å². The highest BCUT2D eigenvalue weighted by atomic mass is 35.5. The first-order valence-electron chi connectivity index (χ1n) is 8.69. The average molecular weight is 415 g/mol. The second-order valence-electron chi connectivity index (χ2n) is 6.38. The number of benzene rings is 2. The summed E-state index contributed by atoms with van der Waals surface area (Å²) in [6, 6.07) is 16.8. The second-order valence-corrected chi connectivity index (χ2v) is 7.62. The van der Waals surface area contributed by atoms with Crippen LogP contribution in [0.1, 0.15) is 12.0 Å². The van der Waals surface area contributed by atoms with Crippen molar-refractivity contribution in [1.29, 1.82) is 0 Å². The SMILES string of the molecule is CN(C(=O)[C@@H](CC(=O)O)Cc1ccccc1)c1nc(-c2ccccc2Cl)cs1. The number of amides is 1. The van der Waals surface area contributed by atoms with E-state index >= 15 is 0 Å². The zero-order valence-corrected chi connectivity index (χ0v) is 16.8. The minimum Gasteiger partial charge on any atom is -0.481 e. The van der Waals surface area contributed by atoms with Crippen LogP contribution in [0.15, 0.2) is 60.0 Å². The van der Waals surface area contributed by atoms with Crippen LogP contribution < -0.4 is 4.90 Å². The van der Waals surface area contributed by atoms with Crippen LogP contribution in [0.25, 0.3) is 11.3 Å². The summed E-state index contributed by atoms with van der Waals surface area (Å²) in [6.07, 6.45) is 0.125. The molecule has 144 valence electrons. The van der Waals surface area contributed by atoms with Gasteiger partial charge < -0.3 is 5.11 Å². The number of thiazole rings is 1. The van der Waals surface area contributed by atoms with E-state index in [0.717, 1.165) is 11.1 Å². The Morgan fingerprint density at radius 1 is 1.14 bits per heavy atom. The average Bonchev–Trinajstić information content (AvgIpc) is 3.17. The molecule has 0 unspecified atom stereocenters. The molecule has 5 nitrogen and oxygen atoms in total. The number of aliphatic carboxylic acids is 1. The number of carboxylic acid groups (broad SMARTS) is 1. The van der Waals surface area contributed by atoms with Crippen molar-refractivity contribution in [3.8, 4) is 11.3 Å². The van der Waals surface area contributed by atoms with E-state index in [1.165, 1.54) is 16.2 Å². The van der Waals surface area contributed by atoms with Gasteiger partial charge in [-0.15, -0.1) is 11.3 Å². The van der Waals surface area contributed by atoms with Gasteiger partial charge in [0.05, 0.1) is 18.0 Å². The first-order valence-corrected chi connectivity index (χ1v) is 9.95. The minimum atomic E-state index is -1.00. The van der Waals surface area contributed by atoms with E-state index in [9.17, 15) is 14.7 Å². The Morgan fingerprint density at radius 3 is 2.50 bits per heavy atom. The molecule has 2 aromatic carbocycles. The lowest BCUT2D eigenvalue weighted by Crippen LogP contribution is -2.35. The highest BCUT2D eigenvalue weighted by molar-refractivity contribution is 7.14. The maximum atomic E-state index is 13.0. The van der Waals surface area contributed by atoms with Gasteiger partial charge in [-0.1, -0.05) is 60.1 Å². The van der Waals surface area contributed by atoms with Gasteiger partial charge in [-0.25, -0.2) is 4.98 Å². The number of carbonyl (C=O) groups is 2. The molecule has 0 fully saturated rings. The normalized spacial score (nSPS) is 11.8. The van der Waals surface area contributed by atoms with Crippen molar-refractivity contribution in [2.24, 2.45) is 5.92 Å².